The molecule has 2 fully saturated rings. The van der Waals surface area contributed by atoms with Crippen molar-refractivity contribution in [2.75, 3.05) is 30.9 Å². The number of carbonyl (C=O) groups is 3. The van der Waals surface area contributed by atoms with Gasteiger partial charge in [0.05, 0.1) is 11.3 Å². The SMILES string of the molecule is CN(C)c1cc(NCC2CCCCC2)c(O)c2c1CC1CC3CC(=O)C(C(N)=O)=C(O)C3(O)C(=O)C1=C2O. The molecule has 3 unspecified atom stereocenters. The van der Waals surface area contributed by atoms with Gasteiger partial charge in [0.25, 0.3) is 5.91 Å². The molecule has 10 nitrogen and oxygen atoms in total. The number of Topliss-reactive ketones (excluding diaryl/α,β-unsaturated/α-hetero) is 2. The van der Waals surface area contributed by atoms with Gasteiger partial charge in [0.2, 0.25) is 5.78 Å². The van der Waals surface area contributed by atoms with Crippen LogP contribution in [0.2, 0.25) is 0 Å². The number of aromatic hydroxyl groups is 1. The van der Waals surface area contributed by atoms with Crippen LogP contribution in [0.25, 0.3) is 5.76 Å². The number of nitrogens with two attached hydrogens (primary N) is 1. The fourth-order valence-corrected chi connectivity index (χ4v) is 6.85. The zero-order valence-corrected chi connectivity index (χ0v) is 21.7. The van der Waals surface area contributed by atoms with Crippen LogP contribution in [-0.2, 0) is 20.8 Å². The molecule has 0 radical (unpaired) electrons. The van der Waals surface area contributed by atoms with Gasteiger partial charge in [-0.3, -0.25) is 14.4 Å². The Morgan fingerprint density at radius 2 is 1.82 bits per heavy atom. The fourth-order valence-electron chi connectivity index (χ4n) is 6.85. The maximum Gasteiger partial charge on any atom is 0.255 e. The summed E-state index contributed by atoms with van der Waals surface area (Å²) in [7, 11) is 3.71. The van der Waals surface area contributed by atoms with Gasteiger partial charge in [-0.05, 0) is 49.1 Å². The lowest BCUT2D eigenvalue weighted by molar-refractivity contribution is -0.147. The predicted octanol–water partition coefficient (Wildman–Crippen LogP) is 2.48. The summed E-state index contributed by atoms with van der Waals surface area (Å²) in [6, 6.07) is 1.84. The van der Waals surface area contributed by atoms with Crippen LogP contribution in [0.1, 0.15) is 56.1 Å². The molecule has 10 heteroatoms. The lowest BCUT2D eigenvalue weighted by atomic mass is 9.59. The van der Waals surface area contributed by atoms with E-state index in [0.29, 0.717) is 23.7 Å². The Kier molecular flexibility index (Phi) is 6.41. The number of ketones is 2. The van der Waals surface area contributed by atoms with E-state index in [1.54, 1.807) is 0 Å². The first kappa shape index (κ1) is 26.1. The minimum absolute atomic E-state index is 0.106. The van der Waals surface area contributed by atoms with E-state index in [4.69, 9.17) is 5.73 Å². The Morgan fingerprint density at radius 1 is 1.13 bits per heavy atom. The van der Waals surface area contributed by atoms with Gasteiger partial charge in [0, 0.05) is 44.2 Å². The molecule has 2 saturated carbocycles. The average molecular weight is 526 g/mol. The first-order chi connectivity index (χ1) is 18.0. The third-order valence-corrected chi connectivity index (χ3v) is 8.83. The number of nitrogens with zero attached hydrogens (tertiary/aromatic N) is 1. The number of rotatable bonds is 5. The molecule has 4 aliphatic rings. The number of nitrogens with one attached hydrogen (secondary N) is 1. The van der Waals surface area contributed by atoms with E-state index < -0.39 is 52.0 Å². The van der Waals surface area contributed by atoms with E-state index in [-0.39, 0.29) is 36.1 Å². The number of hydrogen-bond donors (Lipinski definition) is 6. The smallest absolute Gasteiger partial charge is 0.255 e. The van der Waals surface area contributed by atoms with Crippen molar-refractivity contribution >= 4 is 34.6 Å². The van der Waals surface area contributed by atoms with Gasteiger partial charge in [-0.25, -0.2) is 0 Å². The van der Waals surface area contributed by atoms with Gasteiger partial charge in [0.15, 0.2) is 11.4 Å². The lowest BCUT2D eigenvalue weighted by Crippen LogP contribution is -2.58. The Labute approximate surface area is 220 Å². The van der Waals surface area contributed by atoms with Crippen molar-refractivity contribution in [2.45, 2.75) is 57.0 Å². The maximum atomic E-state index is 13.7. The van der Waals surface area contributed by atoms with Crippen LogP contribution >= 0.6 is 0 Å². The van der Waals surface area contributed by atoms with Crippen LogP contribution in [0.4, 0.5) is 11.4 Å². The van der Waals surface area contributed by atoms with Gasteiger partial charge in [-0.1, -0.05) is 19.3 Å². The predicted molar refractivity (Wildman–Crippen MR) is 141 cm³/mol. The summed E-state index contributed by atoms with van der Waals surface area (Å²) < 4.78 is 0. The Balaban J connectivity index is 1.61. The molecule has 1 amide bonds. The standard InChI is InChI=1S/C28H35N3O7/c1-31(2)18-11-17(30-12-13-6-4-3-5-7-13)23(33)21-16(18)9-14-8-15-10-19(32)22(27(29)37)26(36)28(15,38)25(35)20(14)24(21)34/h11,13-15,30,33-34,36,38H,3-10,12H2,1-2H3,(H2,29,37). The Bertz CT molecular complexity index is 1290. The molecular weight excluding hydrogens is 490 g/mol. The highest BCUT2D eigenvalue weighted by Gasteiger charge is 2.60. The first-order valence-electron chi connectivity index (χ1n) is 13.2. The number of phenolic OH excluding ortho intramolecular Hbond substituents is 1. The fraction of sp³-hybridized carbons (Fsp3) is 0.536. The molecule has 0 spiro atoms. The van der Waals surface area contributed by atoms with Crippen molar-refractivity contribution in [3.8, 4) is 5.75 Å². The monoisotopic (exact) mass is 525 g/mol. The van der Waals surface area contributed by atoms with E-state index in [1.165, 1.54) is 19.3 Å². The van der Waals surface area contributed by atoms with E-state index >= 15 is 0 Å². The summed E-state index contributed by atoms with van der Waals surface area (Å²) in [4.78, 5) is 40.0. The van der Waals surface area contributed by atoms with E-state index in [9.17, 15) is 34.8 Å². The van der Waals surface area contributed by atoms with Crippen molar-refractivity contribution in [1.29, 1.82) is 0 Å². The molecule has 0 aromatic heterocycles. The summed E-state index contributed by atoms with van der Waals surface area (Å²) in [5, 5.41) is 48.2. The normalized spacial score (nSPS) is 27.6. The summed E-state index contributed by atoms with van der Waals surface area (Å²) >= 11 is 0. The van der Waals surface area contributed by atoms with Crippen LogP contribution in [-0.4, -0.2) is 64.1 Å². The zero-order valence-electron chi connectivity index (χ0n) is 21.7. The number of anilines is 2. The van der Waals surface area contributed by atoms with E-state index in [0.717, 1.165) is 18.5 Å². The second-order valence-corrected chi connectivity index (χ2v) is 11.3. The highest BCUT2D eigenvalue weighted by molar-refractivity contribution is 6.22. The number of primary amides is 1. The number of benzene rings is 1. The van der Waals surface area contributed by atoms with Crippen LogP contribution in [0.5, 0.6) is 5.75 Å². The molecule has 0 aliphatic heterocycles. The molecule has 7 N–H and O–H groups in total. The number of fused-ring (bicyclic) bond motifs is 3. The molecule has 38 heavy (non-hydrogen) atoms. The average Bonchev–Trinajstić information content (AvgIpc) is 2.86. The molecule has 204 valence electrons. The molecule has 0 bridgehead atoms. The molecule has 5 rings (SSSR count). The van der Waals surface area contributed by atoms with Crippen molar-refractivity contribution in [2.24, 2.45) is 23.5 Å². The summed E-state index contributed by atoms with van der Waals surface area (Å²) in [6.07, 6.45) is 5.85. The van der Waals surface area contributed by atoms with E-state index in [2.05, 4.69) is 5.32 Å². The quantitative estimate of drug-likeness (QED) is 0.249. The highest BCUT2D eigenvalue weighted by Crippen LogP contribution is 2.54. The highest BCUT2D eigenvalue weighted by atomic mass is 16.3. The second-order valence-electron chi connectivity index (χ2n) is 11.3. The van der Waals surface area contributed by atoms with Crippen LogP contribution in [0.15, 0.2) is 23.0 Å². The van der Waals surface area contributed by atoms with Gasteiger partial charge in [-0.2, -0.15) is 0 Å². The largest absolute Gasteiger partial charge is 0.508 e. The van der Waals surface area contributed by atoms with Gasteiger partial charge in [0.1, 0.15) is 22.8 Å². The van der Waals surface area contributed by atoms with Gasteiger partial charge in [-0.15, -0.1) is 0 Å². The number of aliphatic hydroxyl groups is 3. The summed E-state index contributed by atoms with van der Waals surface area (Å²) in [5.41, 5.74) is 3.72. The lowest BCUT2D eigenvalue weighted by Gasteiger charge is -2.46. The third-order valence-electron chi connectivity index (χ3n) is 8.83. The van der Waals surface area contributed by atoms with Crippen LogP contribution in [0, 0.1) is 17.8 Å². The number of carbonyl (C=O) groups excluding carboxylic acids is 3. The molecule has 4 aliphatic carbocycles. The number of aliphatic hydroxyl groups excluding tert-OH is 2. The minimum Gasteiger partial charge on any atom is -0.508 e. The van der Waals surface area contributed by atoms with Crippen molar-refractivity contribution in [1.82, 2.24) is 0 Å². The maximum absolute atomic E-state index is 13.7. The number of amides is 1. The zero-order chi connectivity index (χ0) is 27.5. The Hall–Kier alpha value is -3.53. The Morgan fingerprint density at radius 3 is 2.45 bits per heavy atom. The first-order valence-corrected chi connectivity index (χ1v) is 13.2. The number of hydrogen-bond acceptors (Lipinski definition) is 9. The number of phenols is 1. The van der Waals surface area contributed by atoms with Crippen molar-refractivity contribution in [3.63, 3.8) is 0 Å². The van der Waals surface area contributed by atoms with Crippen molar-refractivity contribution in [3.05, 3.63) is 34.1 Å². The summed E-state index contributed by atoms with van der Waals surface area (Å²) in [5.74, 6) is -5.75. The molecular formula is C28H35N3O7. The molecule has 1 aromatic rings. The van der Waals surface area contributed by atoms with Crippen molar-refractivity contribution < 1.29 is 34.8 Å². The topological polar surface area (TPSA) is 173 Å². The second kappa shape index (κ2) is 9.34. The van der Waals surface area contributed by atoms with Crippen LogP contribution < -0.4 is 16.0 Å². The van der Waals surface area contributed by atoms with Crippen LogP contribution in [0.3, 0.4) is 0 Å². The third kappa shape index (κ3) is 3.84. The minimum atomic E-state index is -2.56. The van der Waals surface area contributed by atoms with Gasteiger partial charge < -0.3 is 36.4 Å². The molecule has 1 aromatic carbocycles. The summed E-state index contributed by atoms with van der Waals surface area (Å²) in [6.45, 7) is 0.669. The molecule has 0 saturated heterocycles. The molecule has 3 atom stereocenters. The molecule has 0 heterocycles. The van der Waals surface area contributed by atoms with E-state index in [1.807, 2.05) is 25.1 Å². The van der Waals surface area contributed by atoms with Gasteiger partial charge >= 0.3 is 0 Å².